The first kappa shape index (κ1) is 13.5. The van der Waals surface area contributed by atoms with Gasteiger partial charge in [0.15, 0.2) is 17.6 Å². The minimum Gasteiger partial charge on any atom is -0.493 e. The summed E-state index contributed by atoms with van der Waals surface area (Å²) in [5.74, 6) is 2.93. The summed E-state index contributed by atoms with van der Waals surface area (Å²) >= 11 is 0. The Bertz CT molecular complexity index is 548. The summed E-state index contributed by atoms with van der Waals surface area (Å²) in [4.78, 5) is 0. The maximum atomic E-state index is 5.90. The van der Waals surface area contributed by atoms with Gasteiger partial charge in [-0.3, -0.25) is 0 Å². The van der Waals surface area contributed by atoms with Gasteiger partial charge in [-0.05, 0) is 43.7 Å². The average Bonchev–Trinajstić information content (AvgIpc) is 2.83. The Hall–Kier alpha value is -1.94. The number of hydrogen-bond donors (Lipinski definition) is 1. The Balaban J connectivity index is 2.23. The molecule has 0 aliphatic carbocycles. The quantitative estimate of drug-likeness (QED) is 0.899. The zero-order chi connectivity index (χ0) is 13.8. The normalized spacial score (nSPS) is 12.2. The Labute approximate surface area is 113 Å². The van der Waals surface area contributed by atoms with Gasteiger partial charge in [-0.1, -0.05) is 6.07 Å². The highest BCUT2D eigenvalue weighted by Gasteiger charge is 2.17. The summed E-state index contributed by atoms with van der Waals surface area (Å²) in [5.41, 5.74) is 6.87. The Morgan fingerprint density at radius 3 is 2.53 bits per heavy atom. The average molecular weight is 261 g/mol. The molecule has 2 rings (SSSR count). The van der Waals surface area contributed by atoms with Crippen LogP contribution < -0.4 is 15.2 Å². The van der Waals surface area contributed by atoms with E-state index in [0.717, 1.165) is 17.1 Å². The minimum atomic E-state index is -0.315. The van der Waals surface area contributed by atoms with Crippen LogP contribution in [0.3, 0.4) is 0 Å². The van der Waals surface area contributed by atoms with E-state index in [4.69, 9.17) is 19.6 Å². The Morgan fingerprint density at radius 1 is 1.16 bits per heavy atom. The van der Waals surface area contributed by atoms with Gasteiger partial charge in [-0.15, -0.1) is 0 Å². The number of nitrogens with two attached hydrogens (primary N) is 1. The van der Waals surface area contributed by atoms with Crippen molar-refractivity contribution in [1.82, 2.24) is 0 Å². The lowest BCUT2D eigenvalue weighted by molar-refractivity contribution is 0.175. The summed E-state index contributed by atoms with van der Waals surface area (Å²) in [7, 11) is 1.62. The SMILES string of the molecule is COc1cc(C)ccc1OC(CN)c1ccc(C)o1. The second-order valence-electron chi connectivity index (χ2n) is 4.44. The van der Waals surface area contributed by atoms with Crippen LogP contribution in [0.2, 0.25) is 0 Å². The molecule has 2 N–H and O–H groups in total. The van der Waals surface area contributed by atoms with Crippen molar-refractivity contribution in [2.75, 3.05) is 13.7 Å². The number of ether oxygens (including phenoxy) is 2. The van der Waals surface area contributed by atoms with E-state index in [1.807, 2.05) is 44.2 Å². The van der Waals surface area contributed by atoms with Gasteiger partial charge in [0.1, 0.15) is 11.5 Å². The standard InChI is InChI=1S/C15H19NO3/c1-10-4-6-12(14(8-10)17-3)19-15(9-16)13-7-5-11(2)18-13/h4-8,15H,9,16H2,1-3H3. The predicted molar refractivity (Wildman–Crippen MR) is 73.6 cm³/mol. The van der Waals surface area contributed by atoms with E-state index in [2.05, 4.69) is 0 Å². The topological polar surface area (TPSA) is 57.6 Å². The van der Waals surface area contributed by atoms with E-state index in [1.165, 1.54) is 0 Å². The van der Waals surface area contributed by atoms with Crippen molar-refractivity contribution in [3.8, 4) is 11.5 Å². The van der Waals surface area contributed by atoms with Crippen molar-refractivity contribution in [3.63, 3.8) is 0 Å². The van der Waals surface area contributed by atoms with Crippen LogP contribution in [-0.2, 0) is 0 Å². The summed E-state index contributed by atoms with van der Waals surface area (Å²) in [6, 6.07) is 9.56. The number of methoxy groups -OCH3 is 1. The first-order valence-electron chi connectivity index (χ1n) is 6.21. The highest BCUT2D eigenvalue weighted by molar-refractivity contribution is 5.42. The smallest absolute Gasteiger partial charge is 0.168 e. The highest BCUT2D eigenvalue weighted by Crippen LogP contribution is 2.32. The fourth-order valence-electron chi connectivity index (χ4n) is 1.87. The molecule has 0 radical (unpaired) electrons. The molecule has 0 saturated heterocycles. The van der Waals surface area contributed by atoms with Gasteiger partial charge in [-0.25, -0.2) is 0 Å². The largest absolute Gasteiger partial charge is 0.493 e. The second-order valence-corrected chi connectivity index (χ2v) is 4.44. The van der Waals surface area contributed by atoms with Crippen molar-refractivity contribution in [3.05, 3.63) is 47.4 Å². The number of aryl methyl sites for hydroxylation is 2. The van der Waals surface area contributed by atoms with Gasteiger partial charge in [0.2, 0.25) is 0 Å². The molecule has 1 atom stereocenters. The number of hydrogen-bond acceptors (Lipinski definition) is 4. The fourth-order valence-corrected chi connectivity index (χ4v) is 1.87. The lowest BCUT2D eigenvalue weighted by Gasteiger charge is -2.17. The van der Waals surface area contributed by atoms with E-state index in [-0.39, 0.29) is 6.10 Å². The monoisotopic (exact) mass is 261 g/mol. The first-order valence-corrected chi connectivity index (χ1v) is 6.21. The Morgan fingerprint density at radius 2 is 1.95 bits per heavy atom. The van der Waals surface area contributed by atoms with Crippen LogP contribution in [0.15, 0.2) is 34.7 Å². The molecular weight excluding hydrogens is 242 g/mol. The van der Waals surface area contributed by atoms with Crippen molar-refractivity contribution in [2.45, 2.75) is 20.0 Å². The third-order valence-corrected chi connectivity index (χ3v) is 2.88. The Kier molecular flexibility index (Phi) is 4.12. The molecule has 0 bridgehead atoms. The molecular formula is C15H19NO3. The molecule has 0 fully saturated rings. The van der Waals surface area contributed by atoms with Crippen molar-refractivity contribution in [2.24, 2.45) is 5.73 Å². The molecule has 0 aliphatic rings. The van der Waals surface area contributed by atoms with Crippen LogP contribution in [0.5, 0.6) is 11.5 Å². The van der Waals surface area contributed by atoms with Gasteiger partial charge in [0.25, 0.3) is 0 Å². The maximum Gasteiger partial charge on any atom is 0.168 e. The lowest BCUT2D eigenvalue weighted by Crippen LogP contribution is -2.18. The number of furan rings is 1. The maximum absolute atomic E-state index is 5.90. The van der Waals surface area contributed by atoms with Gasteiger partial charge >= 0.3 is 0 Å². The molecule has 0 aliphatic heterocycles. The third-order valence-electron chi connectivity index (χ3n) is 2.88. The molecule has 4 nitrogen and oxygen atoms in total. The van der Waals surface area contributed by atoms with Crippen LogP contribution in [0.1, 0.15) is 23.2 Å². The molecule has 1 heterocycles. The molecule has 1 unspecified atom stereocenters. The summed E-state index contributed by atoms with van der Waals surface area (Å²) in [5, 5.41) is 0. The molecule has 1 aromatic carbocycles. The minimum absolute atomic E-state index is 0.315. The number of benzene rings is 1. The van der Waals surface area contributed by atoms with Crippen molar-refractivity contribution < 1.29 is 13.9 Å². The number of rotatable bonds is 5. The zero-order valence-electron chi connectivity index (χ0n) is 11.5. The van der Waals surface area contributed by atoms with Crippen molar-refractivity contribution >= 4 is 0 Å². The fraction of sp³-hybridized carbons (Fsp3) is 0.333. The predicted octanol–water partition coefficient (Wildman–Crippen LogP) is 2.98. The van der Waals surface area contributed by atoms with Gasteiger partial charge in [0, 0.05) is 6.54 Å². The summed E-state index contributed by atoms with van der Waals surface area (Å²) in [6.07, 6.45) is -0.315. The van der Waals surface area contributed by atoms with Crippen LogP contribution in [0.25, 0.3) is 0 Å². The zero-order valence-corrected chi connectivity index (χ0v) is 11.5. The summed E-state index contributed by atoms with van der Waals surface area (Å²) < 4.78 is 16.8. The molecule has 0 amide bonds. The molecule has 19 heavy (non-hydrogen) atoms. The van der Waals surface area contributed by atoms with Gasteiger partial charge < -0.3 is 19.6 Å². The van der Waals surface area contributed by atoms with Gasteiger partial charge in [-0.2, -0.15) is 0 Å². The molecule has 0 spiro atoms. The molecule has 1 aromatic heterocycles. The van der Waals surface area contributed by atoms with E-state index >= 15 is 0 Å². The van der Waals surface area contributed by atoms with Crippen LogP contribution >= 0.6 is 0 Å². The molecule has 4 heteroatoms. The van der Waals surface area contributed by atoms with Crippen LogP contribution in [0, 0.1) is 13.8 Å². The van der Waals surface area contributed by atoms with E-state index in [1.54, 1.807) is 7.11 Å². The molecule has 102 valence electrons. The second kappa shape index (κ2) is 5.80. The van der Waals surface area contributed by atoms with Crippen LogP contribution in [0.4, 0.5) is 0 Å². The lowest BCUT2D eigenvalue weighted by atomic mass is 10.2. The summed E-state index contributed by atoms with van der Waals surface area (Å²) in [6.45, 7) is 4.23. The highest BCUT2D eigenvalue weighted by atomic mass is 16.5. The van der Waals surface area contributed by atoms with E-state index in [0.29, 0.717) is 18.0 Å². The molecule has 0 saturated carbocycles. The van der Waals surface area contributed by atoms with Crippen molar-refractivity contribution in [1.29, 1.82) is 0 Å². The van der Waals surface area contributed by atoms with E-state index in [9.17, 15) is 0 Å². The van der Waals surface area contributed by atoms with Crippen LogP contribution in [-0.4, -0.2) is 13.7 Å². The third kappa shape index (κ3) is 3.09. The molecule has 2 aromatic rings. The first-order chi connectivity index (χ1) is 9.13. The van der Waals surface area contributed by atoms with E-state index < -0.39 is 0 Å². The van der Waals surface area contributed by atoms with Gasteiger partial charge in [0.05, 0.1) is 7.11 Å².